The fourth-order valence-corrected chi connectivity index (χ4v) is 3.34. The fourth-order valence-electron chi connectivity index (χ4n) is 2.26. The SMILES string of the molecule is C=C(C)/C=C(C)\C=C(/C)c1nc2c(C)ccc(C)c2s1. The summed E-state index contributed by atoms with van der Waals surface area (Å²) in [7, 11) is 0. The number of benzene rings is 1. The molecule has 20 heavy (non-hydrogen) atoms. The standard InChI is InChI=1S/C18H21NS/c1-11(2)9-12(3)10-15(6)18-19-16-13(4)7-8-14(5)17(16)20-18/h7-10H,1H2,2-6H3/b12-9-,15-10+. The van der Waals surface area contributed by atoms with Gasteiger partial charge < -0.3 is 0 Å². The first kappa shape index (κ1) is 14.7. The number of aryl methyl sites for hydroxylation is 2. The third-order valence-electron chi connectivity index (χ3n) is 3.20. The average Bonchev–Trinajstić information content (AvgIpc) is 2.79. The molecule has 0 unspecified atom stereocenters. The van der Waals surface area contributed by atoms with Gasteiger partial charge in [-0.3, -0.25) is 0 Å². The lowest BCUT2D eigenvalue weighted by molar-refractivity contribution is 1.36. The summed E-state index contributed by atoms with van der Waals surface area (Å²) in [6.07, 6.45) is 4.27. The lowest BCUT2D eigenvalue weighted by Crippen LogP contribution is -1.81. The molecule has 0 bridgehead atoms. The Bertz CT molecular complexity index is 690. The monoisotopic (exact) mass is 283 g/mol. The Kier molecular flexibility index (Phi) is 4.24. The Morgan fingerprint density at radius 3 is 2.35 bits per heavy atom. The zero-order valence-corrected chi connectivity index (χ0v) is 13.7. The minimum atomic E-state index is 1.07. The summed E-state index contributed by atoms with van der Waals surface area (Å²) in [5.74, 6) is 0. The van der Waals surface area contributed by atoms with Crippen molar-refractivity contribution in [2.24, 2.45) is 0 Å². The van der Waals surface area contributed by atoms with Gasteiger partial charge in [-0.25, -0.2) is 4.98 Å². The third kappa shape index (κ3) is 3.07. The van der Waals surface area contributed by atoms with Crippen molar-refractivity contribution < 1.29 is 0 Å². The van der Waals surface area contributed by atoms with E-state index in [1.807, 2.05) is 6.92 Å². The van der Waals surface area contributed by atoms with E-state index in [0.29, 0.717) is 0 Å². The molecular formula is C18H21NS. The van der Waals surface area contributed by atoms with Crippen LogP contribution in [0.3, 0.4) is 0 Å². The summed E-state index contributed by atoms with van der Waals surface area (Å²) in [5, 5.41) is 1.10. The molecule has 1 aromatic carbocycles. The maximum Gasteiger partial charge on any atom is 0.120 e. The fraction of sp³-hybridized carbons (Fsp3) is 0.278. The first-order valence-corrected chi connectivity index (χ1v) is 7.59. The second-order valence-corrected chi connectivity index (χ2v) is 6.46. The van der Waals surface area contributed by atoms with Gasteiger partial charge >= 0.3 is 0 Å². The van der Waals surface area contributed by atoms with E-state index in [1.165, 1.54) is 27.0 Å². The zero-order chi connectivity index (χ0) is 14.9. The highest BCUT2D eigenvalue weighted by molar-refractivity contribution is 7.19. The van der Waals surface area contributed by atoms with Crippen molar-refractivity contribution in [2.75, 3.05) is 0 Å². The van der Waals surface area contributed by atoms with Crippen molar-refractivity contribution in [3.63, 3.8) is 0 Å². The van der Waals surface area contributed by atoms with E-state index in [9.17, 15) is 0 Å². The maximum atomic E-state index is 4.81. The van der Waals surface area contributed by atoms with Crippen LogP contribution in [0.5, 0.6) is 0 Å². The molecule has 0 spiro atoms. The summed E-state index contributed by atoms with van der Waals surface area (Å²) in [6, 6.07) is 4.32. The molecule has 0 saturated carbocycles. The highest BCUT2D eigenvalue weighted by atomic mass is 32.1. The molecule has 2 rings (SSSR count). The number of fused-ring (bicyclic) bond motifs is 1. The average molecular weight is 283 g/mol. The molecule has 1 aromatic heterocycles. The van der Waals surface area contributed by atoms with Gasteiger partial charge in [-0.1, -0.05) is 42.0 Å². The molecule has 0 radical (unpaired) electrons. The molecule has 2 heteroatoms. The van der Waals surface area contributed by atoms with E-state index in [4.69, 9.17) is 4.98 Å². The van der Waals surface area contributed by atoms with Crippen LogP contribution in [-0.4, -0.2) is 4.98 Å². The molecule has 0 amide bonds. The summed E-state index contributed by atoms with van der Waals surface area (Å²) in [5.41, 5.74) is 7.18. The van der Waals surface area contributed by atoms with Crippen LogP contribution in [0.1, 0.15) is 36.9 Å². The number of nitrogens with zero attached hydrogens (tertiary/aromatic N) is 1. The Hall–Kier alpha value is -1.67. The van der Waals surface area contributed by atoms with Crippen LogP contribution < -0.4 is 0 Å². The highest BCUT2D eigenvalue weighted by Gasteiger charge is 2.09. The molecule has 0 saturated heterocycles. The number of hydrogen-bond donors (Lipinski definition) is 0. The Morgan fingerprint density at radius 2 is 1.75 bits per heavy atom. The second kappa shape index (κ2) is 5.76. The quantitative estimate of drug-likeness (QED) is 0.645. The minimum absolute atomic E-state index is 1.07. The van der Waals surface area contributed by atoms with Crippen molar-refractivity contribution in [2.45, 2.75) is 34.6 Å². The van der Waals surface area contributed by atoms with Gasteiger partial charge in [0, 0.05) is 0 Å². The Balaban J connectivity index is 2.48. The summed E-state index contributed by atoms with van der Waals surface area (Å²) >= 11 is 1.78. The molecule has 1 nitrogen and oxygen atoms in total. The van der Waals surface area contributed by atoms with E-state index in [-0.39, 0.29) is 0 Å². The number of allylic oxidation sites excluding steroid dienone is 5. The molecular weight excluding hydrogens is 262 g/mol. The lowest BCUT2D eigenvalue weighted by Gasteiger charge is -1.97. The number of aromatic nitrogens is 1. The van der Waals surface area contributed by atoms with Gasteiger partial charge in [-0.15, -0.1) is 11.3 Å². The van der Waals surface area contributed by atoms with Crippen LogP contribution in [0.2, 0.25) is 0 Å². The van der Waals surface area contributed by atoms with E-state index >= 15 is 0 Å². The molecule has 104 valence electrons. The van der Waals surface area contributed by atoms with E-state index < -0.39 is 0 Å². The van der Waals surface area contributed by atoms with Gasteiger partial charge in [0.2, 0.25) is 0 Å². The minimum Gasteiger partial charge on any atom is -0.236 e. The van der Waals surface area contributed by atoms with Gasteiger partial charge in [-0.05, 0) is 51.3 Å². The third-order valence-corrected chi connectivity index (χ3v) is 4.52. The molecule has 0 atom stereocenters. The van der Waals surface area contributed by atoms with Gasteiger partial charge in [0.15, 0.2) is 0 Å². The zero-order valence-electron chi connectivity index (χ0n) is 12.9. The van der Waals surface area contributed by atoms with Crippen molar-refractivity contribution in [1.29, 1.82) is 0 Å². The summed E-state index contributed by atoms with van der Waals surface area (Å²) in [6.45, 7) is 14.4. The largest absolute Gasteiger partial charge is 0.236 e. The van der Waals surface area contributed by atoms with Crippen molar-refractivity contribution in [1.82, 2.24) is 4.98 Å². The molecule has 0 aliphatic rings. The maximum absolute atomic E-state index is 4.81. The van der Waals surface area contributed by atoms with Gasteiger partial charge in [-0.2, -0.15) is 0 Å². The first-order valence-electron chi connectivity index (χ1n) is 6.77. The van der Waals surface area contributed by atoms with Crippen LogP contribution in [0.15, 0.2) is 42.0 Å². The van der Waals surface area contributed by atoms with Crippen LogP contribution >= 0.6 is 11.3 Å². The first-order chi connectivity index (χ1) is 9.38. The highest BCUT2D eigenvalue weighted by Crippen LogP contribution is 2.31. The molecule has 0 N–H and O–H groups in total. The molecule has 0 aliphatic heterocycles. The van der Waals surface area contributed by atoms with Crippen molar-refractivity contribution >= 4 is 27.1 Å². The molecule has 1 heterocycles. The van der Waals surface area contributed by atoms with Gasteiger partial charge in [0.25, 0.3) is 0 Å². The second-order valence-electron chi connectivity index (χ2n) is 5.46. The number of rotatable bonds is 3. The Labute approximate surface area is 125 Å². The number of thiazole rings is 1. The Morgan fingerprint density at radius 1 is 1.10 bits per heavy atom. The van der Waals surface area contributed by atoms with Gasteiger partial charge in [0.1, 0.15) is 5.01 Å². The van der Waals surface area contributed by atoms with Gasteiger partial charge in [0.05, 0.1) is 10.2 Å². The van der Waals surface area contributed by atoms with Crippen LogP contribution in [0, 0.1) is 13.8 Å². The van der Waals surface area contributed by atoms with E-state index in [0.717, 1.165) is 16.1 Å². The number of hydrogen-bond acceptors (Lipinski definition) is 2. The smallest absolute Gasteiger partial charge is 0.120 e. The van der Waals surface area contributed by atoms with E-state index in [1.54, 1.807) is 11.3 Å². The predicted octanol–water partition coefficient (Wildman–Crippen LogP) is 5.84. The van der Waals surface area contributed by atoms with E-state index in [2.05, 4.69) is 58.6 Å². The predicted molar refractivity (Wildman–Crippen MR) is 91.3 cm³/mol. The molecule has 0 aliphatic carbocycles. The molecule has 2 aromatic rings. The van der Waals surface area contributed by atoms with Crippen LogP contribution in [0.25, 0.3) is 15.8 Å². The summed E-state index contributed by atoms with van der Waals surface area (Å²) in [4.78, 5) is 4.81. The van der Waals surface area contributed by atoms with Crippen LogP contribution in [-0.2, 0) is 0 Å². The molecule has 0 fully saturated rings. The van der Waals surface area contributed by atoms with Crippen molar-refractivity contribution in [3.8, 4) is 0 Å². The lowest BCUT2D eigenvalue weighted by atomic mass is 10.1. The van der Waals surface area contributed by atoms with Crippen LogP contribution in [0.4, 0.5) is 0 Å². The normalized spacial score (nSPS) is 13.1. The summed E-state index contributed by atoms with van der Waals surface area (Å²) < 4.78 is 1.30. The van der Waals surface area contributed by atoms with Crippen molar-refractivity contribution in [3.05, 3.63) is 58.1 Å². The topological polar surface area (TPSA) is 12.9 Å².